The largest absolute Gasteiger partial charge is 0.125 e. The summed E-state index contributed by atoms with van der Waals surface area (Å²) < 4.78 is 0. The maximum Gasteiger partial charge on any atom is 0.125 e. The Balaban J connectivity index is 1.87. The van der Waals surface area contributed by atoms with Crippen molar-refractivity contribution in [1.29, 1.82) is 0 Å². The van der Waals surface area contributed by atoms with Crippen LogP contribution in [0.1, 0.15) is 80.1 Å². The third kappa shape index (κ3) is 2.39. The molecule has 1 saturated carbocycles. The molecule has 0 spiro atoms. The molecule has 3 unspecified atom stereocenters. The minimum atomic E-state index is 0.479. The molecule has 1 aliphatic heterocycles. The second-order valence-electron chi connectivity index (χ2n) is 8.48. The molecule has 1 heteroatoms. The molecule has 0 nitrogen and oxygen atoms in total. The van der Waals surface area contributed by atoms with Gasteiger partial charge in [-0.1, -0.05) is 90.7 Å². The Morgan fingerprint density at radius 1 is 1.22 bits per heavy atom. The van der Waals surface area contributed by atoms with Crippen LogP contribution in [0.2, 0.25) is 10.6 Å². The van der Waals surface area contributed by atoms with Gasteiger partial charge in [0.1, 0.15) is 7.28 Å². The van der Waals surface area contributed by atoms with Gasteiger partial charge in [-0.15, -0.1) is 0 Å². The van der Waals surface area contributed by atoms with Crippen molar-refractivity contribution in [1.82, 2.24) is 0 Å². The highest BCUT2D eigenvalue weighted by Gasteiger charge is 2.64. The molecule has 103 valence electrons. The lowest BCUT2D eigenvalue weighted by atomic mass is 9.67. The topological polar surface area (TPSA) is 0 Å². The van der Waals surface area contributed by atoms with E-state index in [0.29, 0.717) is 16.0 Å². The Morgan fingerprint density at radius 3 is 2.22 bits per heavy atom. The predicted octanol–water partition coefficient (Wildman–Crippen LogP) is 5.71. The Morgan fingerprint density at radius 2 is 1.83 bits per heavy atom. The van der Waals surface area contributed by atoms with Crippen LogP contribution < -0.4 is 0 Å². The third-order valence-corrected chi connectivity index (χ3v) is 6.45. The molecule has 2 rings (SSSR count). The SMILES string of the molecule is CCC(CCC1(C)[B]C1(C)C1CCC1)C(C)(C)C. The summed E-state index contributed by atoms with van der Waals surface area (Å²) in [6.07, 6.45) is 8.60. The van der Waals surface area contributed by atoms with Crippen molar-refractivity contribution in [3.8, 4) is 0 Å². The summed E-state index contributed by atoms with van der Waals surface area (Å²) >= 11 is 0. The molecule has 1 aliphatic carbocycles. The van der Waals surface area contributed by atoms with E-state index in [4.69, 9.17) is 0 Å². The summed E-state index contributed by atoms with van der Waals surface area (Å²) in [5, 5.41) is 1.14. The van der Waals surface area contributed by atoms with Crippen molar-refractivity contribution in [2.75, 3.05) is 0 Å². The maximum atomic E-state index is 2.68. The molecule has 0 aromatic rings. The quantitative estimate of drug-likeness (QED) is 0.545. The van der Waals surface area contributed by atoms with Gasteiger partial charge in [0, 0.05) is 0 Å². The molecule has 1 radical (unpaired) electrons. The Hall–Kier alpha value is 0.0649. The average molecular weight is 247 g/mol. The summed E-state index contributed by atoms with van der Waals surface area (Å²) in [7, 11) is 2.68. The van der Waals surface area contributed by atoms with Crippen LogP contribution >= 0.6 is 0 Å². The Labute approximate surface area is 116 Å². The van der Waals surface area contributed by atoms with Gasteiger partial charge in [0.25, 0.3) is 0 Å². The van der Waals surface area contributed by atoms with Crippen molar-refractivity contribution in [3.63, 3.8) is 0 Å². The summed E-state index contributed by atoms with van der Waals surface area (Å²) in [6.45, 7) is 14.6. The van der Waals surface area contributed by atoms with E-state index in [1.807, 2.05) is 0 Å². The van der Waals surface area contributed by atoms with Crippen LogP contribution in [0.25, 0.3) is 0 Å². The lowest BCUT2D eigenvalue weighted by Crippen LogP contribution is -2.22. The van der Waals surface area contributed by atoms with Crippen molar-refractivity contribution in [3.05, 3.63) is 0 Å². The van der Waals surface area contributed by atoms with Crippen LogP contribution in [0.4, 0.5) is 0 Å². The van der Waals surface area contributed by atoms with E-state index < -0.39 is 0 Å². The smallest absolute Gasteiger partial charge is 0.0670 e. The summed E-state index contributed by atoms with van der Waals surface area (Å²) in [5.74, 6) is 1.89. The molecular formula is C17H32B. The molecule has 0 aromatic carbocycles. The number of hydrogen-bond donors (Lipinski definition) is 0. The van der Waals surface area contributed by atoms with E-state index >= 15 is 0 Å². The molecule has 18 heavy (non-hydrogen) atoms. The number of rotatable bonds is 5. The maximum absolute atomic E-state index is 2.68. The highest BCUT2D eigenvalue weighted by atomic mass is 14.6. The van der Waals surface area contributed by atoms with Gasteiger partial charge in [-0.3, -0.25) is 0 Å². The first-order valence-corrected chi connectivity index (χ1v) is 8.10. The summed E-state index contributed by atoms with van der Waals surface area (Å²) in [4.78, 5) is 0. The van der Waals surface area contributed by atoms with Crippen molar-refractivity contribution in [2.45, 2.75) is 90.7 Å². The zero-order valence-corrected chi connectivity index (χ0v) is 13.5. The van der Waals surface area contributed by atoms with Crippen molar-refractivity contribution < 1.29 is 0 Å². The molecule has 0 N–H and O–H groups in total. The average Bonchev–Trinajstić information content (AvgIpc) is 2.64. The second kappa shape index (κ2) is 4.56. The fraction of sp³-hybridized carbons (Fsp3) is 1.00. The lowest BCUT2D eigenvalue weighted by Gasteiger charge is -2.38. The highest BCUT2D eigenvalue weighted by molar-refractivity contribution is 6.59. The van der Waals surface area contributed by atoms with Crippen molar-refractivity contribution >= 4 is 7.28 Å². The predicted molar refractivity (Wildman–Crippen MR) is 82.3 cm³/mol. The Kier molecular flexibility index (Phi) is 3.67. The number of hydrogen-bond acceptors (Lipinski definition) is 0. The van der Waals surface area contributed by atoms with E-state index in [1.54, 1.807) is 0 Å². The van der Waals surface area contributed by atoms with Gasteiger partial charge in [-0.25, -0.2) is 0 Å². The first kappa shape index (κ1) is 14.5. The van der Waals surface area contributed by atoms with Crippen LogP contribution in [0.3, 0.4) is 0 Å². The third-order valence-electron chi connectivity index (χ3n) is 6.45. The zero-order chi connectivity index (χ0) is 13.6. The van der Waals surface area contributed by atoms with E-state index in [1.165, 1.54) is 38.5 Å². The highest BCUT2D eigenvalue weighted by Crippen LogP contribution is 2.77. The lowest BCUT2D eigenvalue weighted by molar-refractivity contribution is 0.192. The van der Waals surface area contributed by atoms with Gasteiger partial charge < -0.3 is 0 Å². The molecule has 1 saturated heterocycles. The van der Waals surface area contributed by atoms with E-state index in [-0.39, 0.29) is 0 Å². The van der Waals surface area contributed by atoms with Crippen LogP contribution in [0, 0.1) is 17.3 Å². The summed E-state index contributed by atoms with van der Waals surface area (Å²) in [6, 6.07) is 0. The van der Waals surface area contributed by atoms with Gasteiger partial charge in [-0.05, 0) is 17.3 Å². The van der Waals surface area contributed by atoms with Crippen LogP contribution in [0.15, 0.2) is 0 Å². The van der Waals surface area contributed by atoms with E-state index in [9.17, 15) is 0 Å². The first-order valence-electron chi connectivity index (χ1n) is 8.10. The minimum Gasteiger partial charge on any atom is -0.0670 e. The van der Waals surface area contributed by atoms with Gasteiger partial charge in [0.15, 0.2) is 0 Å². The standard InChI is InChI=1S/C17H32B/c1-7-13(15(2,3)4)11-12-16(5)17(6,18-16)14-9-8-10-14/h13-14H,7-12H2,1-6H3. The first-order chi connectivity index (χ1) is 8.23. The van der Waals surface area contributed by atoms with Crippen LogP contribution in [0.5, 0.6) is 0 Å². The molecule has 0 bridgehead atoms. The molecule has 2 fully saturated rings. The van der Waals surface area contributed by atoms with Gasteiger partial charge >= 0.3 is 0 Å². The van der Waals surface area contributed by atoms with Crippen molar-refractivity contribution in [2.24, 2.45) is 17.3 Å². The Bertz CT molecular complexity index is 299. The normalized spacial score (nSPS) is 37.9. The molecular weight excluding hydrogens is 215 g/mol. The molecule has 0 amide bonds. The monoisotopic (exact) mass is 247 g/mol. The van der Waals surface area contributed by atoms with Crippen LogP contribution in [-0.2, 0) is 0 Å². The van der Waals surface area contributed by atoms with Gasteiger partial charge in [0.05, 0.1) is 0 Å². The molecule has 1 heterocycles. The van der Waals surface area contributed by atoms with E-state index in [2.05, 4.69) is 48.8 Å². The summed E-state index contributed by atoms with van der Waals surface area (Å²) in [5.41, 5.74) is 0.479. The molecule has 3 atom stereocenters. The second-order valence-corrected chi connectivity index (χ2v) is 8.48. The van der Waals surface area contributed by atoms with E-state index in [0.717, 1.165) is 11.8 Å². The minimum absolute atomic E-state index is 0.479. The molecule has 2 aliphatic rings. The van der Waals surface area contributed by atoms with Gasteiger partial charge in [0.2, 0.25) is 0 Å². The fourth-order valence-electron chi connectivity index (χ4n) is 4.28. The van der Waals surface area contributed by atoms with Crippen LogP contribution in [-0.4, -0.2) is 7.28 Å². The fourth-order valence-corrected chi connectivity index (χ4v) is 4.28. The molecule has 0 aromatic heterocycles. The zero-order valence-electron chi connectivity index (χ0n) is 13.5. The van der Waals surface area contributed by atoms with Gasteiger partial charge in [-0.2, -0.15) is 0 Å².